The van der Waals surface area contributed by atoms with Crippen LogP contribution >= 0.6 is 0 Å². The highest BCUT2D eigenvalue weighted by Gasteiger charge is 2.08. The third-order valence-electron chi connectivity index (χ3n) is 3.51. The molecule has 0 bridgehead atoms. The highest BCUT2D eigenvalue weighted by Crippen LogP contribution is 2.26. The summed E-state index contributed by atoms with van der Waals surface area (Å²) < 4.78 is 15.8. The van der Waals surface area contributed by atoms with E-state index in [2.05, 4.69) is 11.6 Å². The first-order valence-electron chi connectivity index (χ1n) is 6.69. The van der Waals surface area contributed by atoms with Gasteiger partial charge >= 0.3 is 0 Å². The molecule has 0 saturated carbocycles. The van der Waals surface area contributed by atoms with Gasteiger partial charge in [0.1, 0.15) is 11.6 Å². The van der Waals surface area contributed by atoms with Gasteiger partial charge in [-0.2, -0.15) is 0 Å². The van der Waals surface area contributed by atoms with E-state index in [1.54, 1.807) is 18.3 Å². The van der Waals surface area contributed by atoms with E-state index in [0.717, 1.165) is 17.0 Å². The predicted molar refractivity (Wildman–Crippen MR) is 83.2 cm³/mol. The predicted octanol–water partition coefficient (Wildman–Crippen LogP) is 4.29. The molecule has 2 aromatic carbocycles. The van der Waals surface area contributed by atoms with Gasteiger partial charge in [0.2, 0.25) is 0 Å². The van der Waals surface area contributed by atoms with E-state index in [-0.39, 0.29) is 5.82 Å². The van der Waals surface area contributed by atoms with Gasteiger partial charge in [0.25, 0.3) is 0 Å². The standard InChI is InChI=1S/C18H15FN2/c1-13(16-5-3-4-6-17(16)19)14-7-9-15(10-8-14)18-20-11-12-21(18)2/h3-12H,1H2,2H3. The molecular formula is C18H15FN2. The zero-order chi connectivity index (χ0) is 14.8. The lowest BCUT2D eigenvalue weighted by molar-refractivity contribution is 0.624. The van der Waals surface area contributed by atoms with Gasteiger partial charge < -0.3 is 4.57 Å². The third-order valence-corrected chi connectivity index (χ3v) is 3.51. The summed E-state index contributed by atoms with van der Waals surface area (Å²) in [4.78, 5) is 4.31. The van der Waals surface area contributed by atoms with E-state index >= 15 is 0 Å². The number of aromatic nitrogens is 2. The van der Waals surface area contributed by atoms with Crippen molar-refractivity contribution < 1.29 is 4.39 Å². The van der Waals surface area contributed by atoms with Gasteiger partial charge in [-0.1, -0.05) is 49.0 Å². The van der Waals surface area contributed by atoms with E-state index in [0.29, 0.717) is 11.1 Å². The van der Waals surface area contributed by atoms with Crippen LogP contribution in [0.4, 0.5) is 4.39 Å². The van der Waals surface area contributed by atoms with Gasteiger partial charge in [-0.15, -0.1) is 0 Å². The van der Waals surface area contributed by atoms with Crippen molar-refractivity contribution in [3.63, 3.8) is 0 Å². The molecule has 21 heavy (non-hydrogen) atoms. The molecule has 3 rings (SSSR count). The van der Waals surface area contributed by atoms with Crippen molar-refractivity contribution in [2.24, 2.45) is 7.05 Å². The maximum absolute atomic E-state index is 13.8. The molecule has 0 unspecified atom stereocenters. The number of halogens is 1. The topological polar surface area (TPSA) is 17.8 Å². The number of rotatable bonds is 3. The SMILES string of the molecule is C=C(c1ccc(-c2nccn2C)cc1)c1ccccc1F. The number of imidazole rings is 1. The summed E-state index contributed by atoms with van der Waals surface area (Å²) in [5, 5.41) is 0. The Morgan fingerprint density at radius 1 is 1.10 bits per heavy atom. The number of nitrogens with zero attached hydrogens (tertiary/aromatic N) is 2. The molecule has 0 aliphatic heterocycles. The fourth-order valence-corrected chi connectivity index (χ4v) is 2.33. The number of aryl methyl sites for hydroxylation is 1. The molecule has 1 aromatic heterocycles. The molecule has 1 heterocycles. The van der Waals surface area contributed by atoms with Gasteiger partial charge in [0.15, 0.2) is 0 Å². The van der Waals surface area contributed by atoms with Crippen molar-refractivity contribution in [1.29, 1.82) is 0 Å². The Kier molecular flexibility index (Phi) is 3.40. The third kappa shape index (κ3) is 2.50. The Labute approximate surface area is 123 Å². The van der Waals surface area contributed by atoms with Crippen LogP contribution in [0.15, 0.2) is 67.5 Å². The largest absolute Gasteiger partial charge is 0.334 e. The first kappa shape index (κ1) is 13.3. The van der Waals surface area contributed by atoms with Gasteiger partial charge in [-0.3, -0.25) is 0 Å². The second-order valence-corrected chi connectivity index (χ2v) is 4.90. The maximum atomic E-state index is 13.8. The maximum Gasteiger partial charge on any atom is 0.139 e. The van der Waals surface area contributed by atoms with Crippen LogP contribution in [-0.4, -0.2) is 9.55 Å². The van der Waals surface area contributed by atoms with Crippen LogP contribution in [0, 0.1) is 5.82 Å². The van der Waals surface area contributed by atoms with Crippen molar-refractivity contribution in [2.45, 2.75) is 0 Å². The van der Waals surface area contributed by atoms with Crippen LogP contribution in [-0.2, 0) is 7.05 Å². The smallest absolute Gasteiger partial charge is 0.139 e. The van der Waals surface area contributed by atoms with Gasteiger partial charge in [0.05, 0.1) is 0 Å². The molecule has 2 nitrogen and oxygen atoms in total. The van der Waals surface area contributed by atoms with Crippen LogP contribution in [0.3, 0.4) is 0 Å². The lowest BCUT2D eigenvalue weighted by Crippen LogP contribution is -1.93. The van der Waals surface area contributed by atoms with Crippen LogP contribution in [0.5, 0.6) is 0 Å². The summed E-state index contributed by atoms with van der Waals surface area (Å²) in [5.41, 5.74) is 3.13. The van der Waals surface area contributed by atoms with Crippen molar-refractivity contribution in [1.82, 2.24) is 9.55 Å². The Morgan fingerprint density at radius 2 is 1.81 bits per heavy atom. The van der Waals surface area contributed by atoms with E-state index in [9.17, 15) is 4.39 Å². The Morgan fingerprint density at radius 3 is 2.43 bits per heavy atom. The molecular weight excluding hydrogens is 263 g/mol. The quantitative estimate of drug-likeness (QED) is 0.699. The normalized spacial score (nSPS) is 10.6. The van der Waals surface area contributed by atoms with Gasteiger partial charge in [-0.05, 0) is 17.2 Å². The lowest BCUT2D eigenvalue weighted by atomic mass is 9.98. The summed E-state index contributed by atoms with van der Waals surface area (Å²) in [6.45, 7) is 4.01. The minimum atomic E-state index is -0.254. The van der Waals surface area contributed by atoms with Crippen molar-refractivity contribution >= 4 is 5.57 Å². The summed E-state index contributed by atoms with van der Waals surface area (Å²) in [5.74, 6) is 0.647. The molecule has 0 aliphatic carbocycles. The second kappa shape index (κ2) is 5.37. The minimum Gasteiger partial charge on any atom is -0.334 e. The summed E-state index contributed by atoms with van der Waals surface area (Å²) in [7, 11) is 1.95. The minimum absolute atomic E-state index is 0.254. The zero-order valence-electron chi connectivity index (χ0n) is 11.8. The molecule has 0 atom stereocenters. The van der Waals surface area contributed by atoms with Crippen LogP contribution in [0.1, 0.15) is 11.1 Å². The Bertz CT molecular complexity index is 785. The Balaban J connectivity index is 1.93. The van der Waals surface area contributed by atoms with E-state index in [1.807, 2.05) is 48.1 Å². The molecule has 0 radical (unpaired) electrons. The fourth-order valence-electron chi connectivity index (χ4n) is 2.33. The van der Waals surface area contributed by atoms with Gasteiger partial charge in [-0.25, -0.2) is 9.37 Å². The average molecular weight is 278 g/mol. The molecule has 0 amide bonds. The second-order valence-electron chi connectivity index (χ2n) is 4.90. The molecule has 0 spiro atoms. The first-order valence-corrected chi connectivity index (χ1v) is 6.69. The van der Waals surface area contributed by atoms with E-state index in [4.69, 9.17) is 0 Å². The molecule has 104 valence electrons. The molecule has 0 aliphatic rings. The monoisotopic (exact) mass is 278 g/mol. The van der Waals surface area contributed by atoms with E-state index < -0.39 is 0 Å². The van der Waals surface area contributed by atoms with Crippen molar-refractivity contribution in [2.75, 3.05) is 0 Å². The lowest BCUT2D eigenvalue weighted by Gasteiger charge is -2.09. The van der Waals surface area contributed by atoms with E-state index in [1.165, 1.54) is 6.07 Å². The number of hydrogen-bond donors (Lipinski definition) is 0. The highest BCUT2D eigenvalue weighted by molar-refractivity contribution is 5.79. The first-order chi connectivity index (χ1) is 10.2. The van der Waals surface area contributed by atoms with Crippen molar-refractivity contribution in [3.05, 3.63) is 84.4 Å². The number of benzene rings is 2. The molecule has 0 saturated heterocycles. The summed E-state index contributed by atoms with van der Waals surface area (Å²) >= 11 is 0. The van der Waals surface area contributed by atoms with Crippen LogP contribution in [0.25, 0.3) is 17.0 Å². The summed E-state index contributed by atoms with van der Waals surface area (Å²) in [6, 6.07) is 14.5. The molecule has 3 heteroatoms. The van der Waals surface area contributed by atoms with Crippen LogP contribution < -0.4 is 0 Å². The van der Waals surface area contributed by atoms with Gasteiger partial charge in [0, 0.05) is 30.6 Å². The molecule has 3 aromatic rings. The average Bonchev–Trinajstić information content (AvgIpc) is 2.93. The zero-order valence-corrected chi connectivity index (χ0v) is 11.8. The summed E-state index contributed by atoms with van der Waals surface area (Å²) in [6.07, 6.45) is 3.67. The fraction of sp³-hybridized carbons (Fsp3) is 0.0556. The highest BCUT2D eigenvalue weighted by atomic mass is 19.1. The van der Waals surface area contributed by atoms with Crippen LogP contribution in [0.2, 0.25) is 0 Å². The molecule has 0 fully saturated rings. The Hall–Kier alpha value is -2.68. The number of hydrogen-bond acceptors (Lipinski definition) is 1. The molecule has 0 N–H and O–H groups in total. The van der Waals surface area contributed by atoms with Crippen molar-refractivity contribution in [3.8, 4) is 11.4 Å².